The Hall–Kier alpha value is -3.45. The van der Waals surface area contributed by atoms with Crippen molar-refractivity contribution >= 4 is 29.2 Å². The van der Waals surface area contributed by atoms with E-state index in [0.717, 1.165) is 11.8 Å². The Morgan fingerprint density at radius 2 is 1.81 bits per heavy atom. The Balaban J connectivity index is 1.89. The van der Waals surface area contributed by atoms with E-state index in [-0.39, 0.29) is 22.6 Å². The van der Waals surface area contributed by atoms with Crippen molar-refractivity contribution in [1.82, 2.24) is 9.97 Å². The van der Waals surface area contributed by atoms with Gasteiger partial charge in [0.15, 0.2) is 0 Å². The third-order valence-electron chi connectivity index (χ3n) is 3.82. The molecule has 3 rings (SSSR count). The lowest BCUT2D eigenvalue weighted by Crippen LogP contribution is -2.25. The molecule has 8 heteroatoms. The molecule has 0 spiro atoms. The number of carbonyl (C=O) groups excluding carboxylic acids is 1. The van der Waals surface area contributed by atoms with Crippen LogP contribution in [-0.2, 0) is 0 Å². The zero-order valence-electron chi connectivity index (χ0n) is 14.1. The van der Waals surface area contributed by atoms with E-state index in [1.54, 1.807) is 37.3 Å². The maximum absolute atomic E-state index is 12.4. The number of carbonyl (C=O) groups is 2. The van der Waals surface area contributed by atoms with E-state index in [1.807, 2.05) is 0 Å². The molecule has 136 valence electrons. The summed E-state index contributed by atoms with van der Waals surface area (Å²) >= 11 is 5.83. The van der Waals surface area contributed by atoms with Crippen molar-refractivity contribution in [2.75, 3.05) is 5.32 Å². The molecule has 0 aliphatic rings. The van der Waals surface area contributed by atoms with Gasteiger partial charge in [0.25, 0.3) is 11.5 Å². The number of nitrogens with zero attached hydrogens (tertiary/aromatic N) is 1. The Labute approximate surface area is 158 Å². The highest BCUT2D eigenvalue weighted by Gasteiger charge is 2.17. The first-order valence-electron chi connectivity index (χ1n) is 7.85. The number of benzene rings is 2. The van der Waals surface area contributed by atoms with Gasteiger partial charge in [-0.2, -0.15) is 0 Å². The normalized spacial score (nSPS) is 10.4. The summed E-state index contributed by atoms with van der Waals surface area (Å²) in [5.41, 5.74) is 0.526. The van der Waals surface area contributed by atoms with E-state index in [1.165, 1.54) is 12.1 Å². The molecule has 0 aliphatic heterocycles. The number of halogens is 1. The summed E-state index contributed by atoms with van der Waals surface area (Å²) in [4.78, 5) is 42.7. The van der Waals surface area contributed by atoms with Gasteiger partial charge in [-0.25, -0.2) is 9.78 Å². The van der Waals surface area contributed by atoms with Crippen LogP contribution >= 0.6 is 11.6 Å². The van der Waals surface area contributed by atoms with Crippen LogP contribution in [0.1, 0.15) is 26.3 Å². The molecule has 0 saturated carbocycles. The maximum Gasteiger partial charge on any atom is 0.337 e. The van der Waals surface area contributed by atoms with Gasteiger partial charge in [-0.15, -0.1) is 0 Å². The second-order valence-electron chi connectivity index (χ2n) is 5.79. The van der Waals surface area contributed by atoms with Crippen LogP contribution < -0.4 is 10.9 Å². The Morgan fingerprint density at radius 3 is 2.44 bits per heavy atom. The van der Waals surface area contributed by atoms with Crippen molar-refractivity contribution in [2.45, 2.75) is 6.92 Å². The van der Waals surface area contributed by atoms with Gasteiger partial charge >= 0.3 is 5.97 Å². The highest BCUT2D eigenvalue weighted by molar-refractivity contribution is 6.30. The van der Waals surface area contributed by atoms with Gasteiger partial charge in [0.05, 0.1) is 11.3 Å². The summed E-state index contributed by atoms with van der Waals surface area (Å²) in [6, 6.07) is 11.3. The van der Waals surface area contributed by atoms with Crippen LogP contribution in [0.5, 0.6) is 0 Å². The predicted molar refractivity (Wildman–Crippen MR) is 101 cm³/mol. The first kappa shape index (κ1) is 18.3. The summed E-state index contributed by atoms with van der Waals surface area (Å²) in [5, 5.41) is 12.3. The van der Waals surface area contributed by atoms with E-state index in [0.29, 0.717) is 10.6 Å². The van der Waals surface area contributed by atoms with Crippen LogP contribution in [0, 0.1) is 6.92 Å². The van der Waals surface area contributed by atoms with Crippen molar-refractivity contribution in [3.63, 3.8) is 0 Å². The molecule has 0 aliphatic carbocycles. The van der Waals surface area contributed by atoms with Gasteiger partial charge in [0, 0.05) is 16.8 Å². The number of anilines is 1. The first-order chi connectivity index (χ1) is 12.8. The van der Waals surface area contributed by atoms with Crippen LogP contribution in [-0.4, -0.2) is 27.0 Å². The molecule has 1 heterocycles. The van der Waals surface area contributed by atoms with E-state index >= 15 is 0 Å². The Bertz CT molecular complexity index is 1090. The zero-order valence-corrected chi connectivity index (χ0v) is 14.9. The highest BCUT2D eigenvalue weighted by Crippen LogP contribution is 2.19. The summed E-state index contributed by atoms with van der Waals surface area (Å²) in [5.74, 6) is -1.65. The van der Waals surface area contributed by atoms with Gasteiger partial charge in [-0.3, -0.25) is 9.59 Å². The average Bonchev–Trinajstić information content (AvgIpc) is 2.63. The number of H-pyrrole nitrogens is 1. The largest absolute Gasteiger partial charge is 0.478 e. The minimum absolute atomic E-state index is 0.0643. The number of aromatic carboxylic acids is 1. The number of amides is 1. The van der Waals surface area contributed by atoms with Gasteiger partial charge in [0.1, 0.15) is 11.4 Å². The molecule has 0 bridgehead atoms. The predicted octanol–water partition coefficient (Wildman–Crippen LogP) is 3.35. The van der Waals surface area contributed by atoms with Gasteiger partial charge < -0.3 is 15.4 Å². The van der Waals surface area contributed by atoms with Crippen LogP contribution in [0.15, 0.2) is 53.5 Å². The number of nitrogens with one attached hydrogen (secondary N) is 2. The molecule has 0 fully saturated rings. The van der Waals surface area contributed by atoms with Crippen molar-refractivity contribution in [3.05, 3.63) is 80.7 Å². The lowest BCUT2D eigenvalue weighted by atomic mass is 10.1. The maximum atomic E-state index is 12.4. The second kappa shape index (κ2) is 7.43. The molecule has 0 unspecified atom stereocenters. The molecule has 3 aromatic rings. The van der Waals surface area contributed by atoms with Crippen LogP contribution in [0.4, 0.5) is 5.69 Å². The van der Waals surface area contributed by atoms with Crippen molar-refractivity contribution in [2.24, 2.45) is 0 Å². The summed E-state index contributed by atoms with van der Waals surface area (Å²) in [7, 11) is 0. The monoisotopic (exact) mass is 383 g/mol. The fraction of sp³-hybridized carbons (Fsp3) is 0.0526. The minimum atomic E-state index is -1.18. The molecule has 3 N–H and O–H groups in total. The SMILES string of the molecule is Cc1ccc(NC(=O)c2cnc(-c3ccc(Cl)cc3)[nH]c2=O)c(C(=O)O)c1. The Kier molecular flexibility index (Phi) is 5.05. The highest BCUT2D eigenvalue weighted by atomic mass is 35.5. The number of aromatic nitrogens is 2. The fourth-order valence-electron chi connectivity index (χ4n) is 2.44. The van der Waals surface area contributed by atoms with E-state index in [9.17, 15) is 19.5 Å². The number of hydrogen-bond acceptors (Lipinski definition) is 4. The molecule has 1 amide bonds. The van der Waals surface area contributed by atoms with Gasteiger partial charge in [-0.1, -0.05) is 23.2 Å². The molecule has 0 radical (unpaired) electrons. The zero-order chi connectivity index (χ0) is 19.6. The standard InChI is InChI=1S/C19H14ClN3O4/c1-10-2-7-15(13(8-10)19(26)27)22-17(24)14-9-21-16(23-18(14)25)11-3-5-12(20)6-4-11/h2-9H,1H3,(H,22,24)(H,26,27)(H,21,23,25). The van der Waals surface area contributed by atoms with Crippen molar-refractivity contribution < 1.29 is 14.7 Å². The number of carboxylic acids is 1. The minimum Gasteiger partial charge on any atom is -0.478 e. The molecular formula is C19H14ClN3O4. The number of aryl methyl sites for hydroxylation is 1. The first-order valence-corrected chi connectivity index (χ1v) is 8.23. The number of hydrogen-bond donors (Lipinski definition) is 3. The van der Waals surface area contributed by atoms with Crippen LogP contribution in [0.2, 0.25) is 5.02 Å². The van der Waals surface area contributed by atoms with Gasteiger partial charge in [-0.05, 0) is 43.3 Å². The van der Waals surface area contributed by atoms with E-state index in [2.05, 4.69) is 15.3 Å². The molecule has 27 heavy (non-hydrogen) atoms. The molecule has 0 saturated heterocycles. The quantitative estimate of drug-likeness (QED) is 0.639. The fourth-order valence-corrected chi connectivity index (χ4v) is 2.57. The van der Waals surface area contributed by atoms with Crippen molar-refractivity contribution in [1.29, 1.82) is 0 Å². The number of aromatic amines is 1. The average molecular weight is 384 g/mol. The third kappa shape index (κ3) is 4.04. The summed E-state index contributed by atoms with van der Waals surface area (Å²) in [6.45, 7) is 1.74. The lowest BCUT2D eigenvalue weighted by molar-refractivity contribution is 0.0698. The van der Waals surface area contributed by atoms with Gasteiger partial charge in [0.2, 0.25) is 0 Å². The van der Waals surface area contributed by atoms with E-state index < -0.39 is 17.4 Å². The topological polar surface area (TPSA) is 112 Å². The number of carboxylic acid groups (broad SMARTS) is 1. The van der Waals surface area contributed by atoms with E-state index in [4.69, 9.17) is 11.6 Å². The molecule has 7 nitrogen and oxygen atoms in total. The second-order valence-corrected chi connectivity index (χ2v) is 6.23. The summed E-state index contributed by atoms with van der Waals surface area (Å²) < 4.78 is 0. The molecular weight excluding hydrogens is 370 g/mol. The van der Waals surface area contributed by atoms with Crippen molar-refractivity contribution in [3.8, 4) is 11.4 Å². The van der Waals surface area contributed by atoms with Crippen LogP contribution in [0.3, 0.4) is 0 Å². The molecule has 2 aromatic carbocycles. The third-order valence-corrected chi connectivity index (χ3v) is 4.07. The molecule has 1 aromatic heterocycles. The number of rotatable bonds is 4. The Morgan fingerprint density at radius 1 is 1.11 bits per heavy atom. The van der Waals surface area contributed by atoms with Crippen LogP contribution in [0.25, 0.3) is 11.4 Å². The summed E-state index contributed by atoms with van der Waals surface area (Å²) in [6.07, 6.45) is 1.15. The molecule has 0 atom stereocenters. The smallest absolute Gasteiger partial charge is 0.337 e. The lowest BCUT2D eigenvalue weighted by Gasteiger charge is -2.09.